The van der Waals surface area contributed by atoms with Crippen molar-refractivity contribution in [2.24, 2.45) is 4.99 Å². The number of nitrogens with zero attached hydrogens (tertiary/aromatic N) is 6. The number of hydrogen-bond acceptors (Lipinski definition) is 8. The van der Waals surface area contributed by atoms with Crippen LogP contribution in [0.2, 0.25) is 0 Å². The molecule has 214 valence electrons. The lowest BCUT2D eigenvalue weighted by atomic mass is 9.98. The first-order chi connectivity index (χ1) is 20.8. The topological polar surface area (TPSA) is 102 Å². The summed E-state index contributed by atoms with van der Waals surface area (Å²) in [5.41, 5.74) is 5.76. The van der Waals surface area contributed by atoms with E-state index in [0.29, 0.717) is 12.5 Å². The van der Waals surface area contributed by atoms with Crippen molar-refractivity contribution in [1.29, 1.82) is 5.26 Å². The quantitative estimate of drug-likeness (QED) is 0.105. The molecule has 0 atom stereocenters. The lowest BCUT2D eigenvalue weighted by Gasteiger charge is -2.17. The molecule has 9 nitrogen and oxygen atoms in total. The normalized spacial score (nSPS) is 14.9. The van der Waals surface area contributed by atoms with Crippen molar-refractivity contribution in [1.82, 2.24) is 20.2 Å². The molecule has 0 bridgehead atoms. The van der Waals surface area contributed by atoms with Crippen LogP contribution in [0.1, 0.15) is 29.7 Å². The third-order valence-electron chi connectivity index (χ3n) is 7.57. The number of guanidine groups is 1. The van der Waals surface area contributed by atoms with Crippen molar-refractivity contribution in [2.75, 3.05) is 43.0 Å². The highest BCUT2D eigenvalue weighted by atomic mass is 32.1. The fourth-order valence-electron chi connectivity index (χ4n) is 5.55. The van der Waals surface area contributed by atoms with Crippen molar-refractivity contribution < 1.29 is 4.74 Å². The Balaban J connectivity index is 1.10. The summed E-state index contributed by atoms with van der Waals surface area (Å²) < 4.78 is 6.14. The van der Waals surface area contributed by atoms with Crippen LogP contribution < -0.4 is 20.3 Å². The third kappa shape index (κ3) is 6.70. The van der Waals surface area contributed by atoms with Gasteiger partial charge in [-0.15, -0.1) is 4.99 Å². The number of benzene rings is 2. The molecule has 1 saturated heterocycles. The predicted molar refractivity (Wildman–Crippen MR) is 168 cm³/mol. The molecule has 0 amide bonds. The average Bonchev–Trinajstić information content (AvgIpc) is 3.80. The van der Waals surface area contributed by atoms with Crippen LogP contribution in [0.25, 0.3) is 11.1 Å². The van der Waals surface area contributed by atoms with Gasteiger partial charge in [0.1, 0.15) is 5.75 Å². The Kier molecular flexibility index (Phi) is 8.88. The Labute approximate surface area is 250 Å². The lowest BCUT2D eigenvalue weighted by molar-refractivity contribution is 0.263. The van der Waals surface area contributed by atoms with E-state index in [4.69, 9.17) is 15.0 Å². The van der Waals surface area contributed by atoms with Gasteiger partial charge in [-0.25, -0.2) is 4.98 Å². The van der Waals surface area contributed by atoms with Crippen LogP contribution in [-0.2, 0) is 13.0 Å². The van der Waals surface area contributed by atoms with Crippen molar-refractivity contribution in [3.05, 3.63) is 83.6 Å². The highest BCUT2D eigenvalue weighted by molar-refractivity contribution is 7.15. The van der Waals surface area contributed by atoms with Crippen molar-refractivity contribution >= 4 is 33.8 Å². The van der Waals surface area contributed by atoms with Gasteiger partial charge in [0, 0.05) is 47.9 Å². The maximum Gasteiger partial charge on any atom is 0.212 e. The number of likely N-dealkylation sites (tertiary alicyclic amines) is 1. The number of nitriles is 1. The highest BCUT2D eigenvalue weighted by Gasteiger charge is 2.25. The molecule has 10 heteroatoms. The van der Waals surface area contributed by atoms with Gasteiger partial charge >= 0.3 is 0 Å². The summed E-state index contributed by atoms with van der Waals surface area (Å²) in [7, 11) is 0. The minimum absolute atomic E-state index is 0.382. The second-order valence-corrected chi connectivity index (χ2v) is 11.5. The van der Waals surface area contributed by atoms with E-state index in [1.165, 1.54) is 48.3 Å². The van der Waals surface area contributed by atoms with Crippen LogP contribution in [0.3, 0.4) is 0 Å². The number of ether oxygens (including phenoxy) is 1. The zero-order valence-electron chi connectivity index (χ0n) is 23.5. The molecule has 2 aliphatic heterocycles. The molecule has 0 aliphatic carbocycles. The average molecular weight is 579 g/mol. The Morgan fingerprint density at radius 1 is 1.07 bits per heavy atom. The van der Waals surface area contributed by atoms with Gasteiger partial charge in [-0.1, -0.05) is 35.6 Å². The molecule has 4 aromatic rings. The second-order valence-electron chi connectivity index (χ2n) is 10.4. The zero-order chi connectivity index (χ0) is 28.6. The molecular formula is C32H34N8OS. The predicted octanol–water partition coefficient (Wildman–Crippen LogP) is 5.80. The monoisotopic (exact) mass is 578 g/mol. The number of fused-ring (bicyclic) bond motifs is 1. The van der Waals surface area contributed by atoms with E-state index in [2.05, 4.69) is 72.9 Å². The van der Waals surface area contributed by atoms with E-state index < -0.39 is 0 Å². The number of aromatic nitrogens is 2. The minimum Gasteiger partial charge on any atom is -0.494 e. The number of aliphatic imine (C=N–C) groups is 1. The van der Waals surface area contributed by atoms with Gasteiger partial charge in [0.05, 0.1) is 13.2 Å². The molecule has 2 N–H and O–H groups in total. The molecule has 2 aromatic heterocycles. The number of thiazole rings is 1. The first-order valence-electron chi connectivity index (χ1n) is 14.4. The smallest absolute Gasteiger partial charge is 0.212 e. The van der Waals surface area contributed by atoms with E-state index in [0.717, 1.165) is 54.0 Å². The van der Waals surface area contributed by atoms with Crippen LogP contribution in [0.15, 0.2) is 78.2 Å². The molecule has 2 aromatic carbocycles. The number of pyridine rings is 1. The Bertz CT molecular complexity index is 1560. The molecule has 0 radical (unpaired) electrons. The number of rotatable bonds is 10. The summed E-state index contributed by atoms with van der Waals surface area (Å²) >= 11 is 1.64. The number of nitrogens with one attached hydrogen (secondary N) is 2. The van der Waals surface area contributed by atoms with Gasteiger partial charge in [0.2, 0.25) is 12.2 Å². The summed E-state index contributed by atoms with van der Waals surface area (Å²) in [4.78, 5) is 18.5. The molecular weight excluding hydrogens is 544 g/mol. The molecule has 0 saturated carbocycles. The van der Waals surface area contributed by atoms with E-state index in [-0.39, 0.29) is 0 Å². The number of anilines is 3. The van der Waals surface area contributed by atoms with Crippen LogP contribution in [0.4, 0.5) is 16.5 Å². The molecule has 0 spiro atoms. The molecule has 4 heterocycles. The summed E-state index contributed by atoms with van der Waals surface area (Å²) in [5.74, 6) is 1.31. The van der Waals surface area contributed by atoms with Crippen LogP contribution in [-0.4, -0.2) is 53.6 Å². The standard InChI is InChI=1S/C32H34N8OS/c33-23-37-31(38-25-10-13-34-14-11-25)35-21-27-22-36-32(42-27)40-18-12-29-28(8-4-9-30(29)40)24-6-3-7-26(20-24)41-19-5-17-39-15-1-2-16-39/h3-4,6-11,13-14,20,22H,1-2,5,12,15-19,21H2,(H2,34,35,37,38). The van der Waals surface area contributed by atoms with Crippen LogP contribution in [0.5, 0.6) is 5.75 Å². The fraction of sp³-hybridized carbons (Fsp3) is 0.312. The van der Waals surface area contributed by atoms with Gasteiger partial charge in [0.15, 0.2) is 5.13 Å². The largest absolute Gasteiger partial charge is 0.494 e. The molecule has 6 rings (SSSR count). The maximum absolute atomic E-state index is 9.10. The SMILES string of the molecule is N#C/N=C(\NCc1cnc(N2CCc3c(-c4cccc(OCCCN5CCCC5)c4)cccc32)s1)Nc1ccncc1. The number of hydrogen-bond donors (Lipinski definition) is 2. The zero-order valence-corrected chi connectivity index (χ0v) is 24.3. The fourth-order valence-corrected chi connectivity index (χ4v) is 6.44. The van der Waals surface area contributed by atoms with Crippen molar-refractivity contribution in [2.45, 2.75) is 32.2 Å². The lowest BCUT2D eigenvalue weighted by Crippen LogP contribution is -2.29. The third-order valence-corrected chi connectivity index (χ3v) is 8.59. The molecule has 2 aliphatic rings. The van der Waals surface area contributed by atoms with Gasteiger partial charge < -0.3 is 25.2 Å². The van der Waals surface area contributed by atoms with Gasteiger partial charge in [-0.3, -0.25) is 4.98 Å². The summed E-state index contributed by atoms with van der Waals surface area (Å²) in [6.07, 6.45) is 11.8. The van der Waals surface area contributed by atoms with E-state index in [1.54, 1.807) is 23.7 Å². The highest BCUT2D eigenvalue weighted by Crippen LogP contribution is 2.41. The Hall–Kier alpha value is -4.46. The second kappa shape index (κ2) is 13.5. The van der Waals surface area contributed by atoms with E-state index >= 15 is 0 Å². The van der Waals surface area contributed by atoms with Crippen molar-refractivity contribution in [3.63, 3.8) is 0 Å². The van der Waals surface area contributed by atoms with Crippen LogP contribution in [0, 0.1) is 11.5 Å². The van der Waals surface area contributed by atoms with E-state index in [9.17, 15) is 0 Å². The summed E-state index contributed by atoms with van der Waals surface area (Å²) in [6.45, 7) is 5.70. The molecule has 0 unspecified atom stereocenters. The molecule has 42 heavy (non-hydrogen) atoms. The molecule has 1 fully saturated rings. The Morgan fingerprint density at radius 3 is 2.79 bits per heavy atom. The minimum atomic E-state index is 0.382. The van der Waals surface area contributed by atoms with Gasteiger partial charge in [-0.05, 0) is 85.8 Å². The first kappa shape index (κ1) is 27.7. The van der Waals surface area contributed by atoms with Gasteiger partial charge in [0.25, 0.3) is 0 Å². The summed E-state index contributed by atoms with van der Waals surface area (Å²) in [5, 5.41) is 16.4. The Morgan fingerprint density at radius 2 is 1.93 bits per heavy atom. The van der Waals surface area contributed by atoms with Gasteiger partial charge in [-0.2, -0.15) is 5.26 Å². The van der Waals surface area contributed by atoms with Crippen molar-refractivity contribution in [3.8, 4) is 23.1 Å². The first-order valence-corrected chi connectivity index (χ1v) is 15.3. The maximum atomic E-state index is 9.10. The summed E-state index contributed by atoms with van der Waals surface area (Å²) in [6, 6.07) is 18.6. The van der Waals surface area contributed by atoms with E-state index in [1.807, 2.05) is 24.5 Å². The van der Waals surface area contributed by atoms with Crippen LogP contribution >= 0.6 is 11.3 Å².